The number of benzene rings is 2. The van der Waals surface area contributed by atoms with Crippen LogP contribution in [0.25, 0.3) is 0 Å². The molecule has 0 spiro atoms. The third-order valence-corrected chi connectivity index (χ3v) is 6.14. The van der Waals surface area contributed by atoms with Crippen molar-refractivity contribution < 1.29 is 27.5 Å². The summed E-state index contributed by atoms with van der Waals surface area (Å²) in [5.41, 5.74) is 0.322. The molecule has 1 heterocycles. The Morgan fingerprint density at radius 3 is 2.13 bits per heavy atom. The first-order valence-corrected chi connectivity index (χ1v) is 10.7. The van der Waals surface area contributed by atoms with Crippen molar-refractivity contribution in [3.05, 3.63) is 64.7 Å². The molecule has 2 amide bonds. The molecule has 158 valence electrons. The Hall–Kier alpha value is -3.04. The van der Waals surface area contributed by atoms with Crippen LogP contribution < -0.4 is 4.72 Å². The molecule has 1 N–H and O–H groups in total. The van der Waals surface area contributed by atoms with Crippen LogP contribution in [0.4, 0.5) is 0 Å². The fourth-order valence-corrected chi connectivity index (χ4v) is 4.45. The number of carbonyl (C=O) groups is 3. The first-order valence-electron chi connectivity index (χ1n) is 9.18. The number of carbonyl (C=O) groups excluding carboxylic acids is 3. The number of rotatable bonds is 5. The molecule has 2 aromatic carbocycles. The second kappa shape index (κ2) is 7.66. The van der Waals surface area contributed by atoms with E-state index >= 15 is 0 Å². The molecule has 30 heavy (non-hydrogen) atoms. The number of imide groups is 1. The van der Waals surface area contributed by atoms with Crippen LogP contribution >= 0.6 is 0 Å². The van der Waals surface area contributed by atoms with E-state index in [4.69, 9.17) is 4.74 Å². The van der Waals surface area contributed by atoms with E-state index in [1.807, 2.05) is 0 Å². The number of hydrogen-bond donors (Lipinski definition) is 1. The maximum atomic E-state index is 12.6. The Kier molecular flexibility index (Phi) is 5.53. The molecular weight excluding hydrogens is 408 g/mol. The molecule has 0 saturated heterocycles. The normalized spacial score (nSPS) is 14.1. The highest BCUT2D eigenvalue weighted by Gasteiger charge is 2.36. The maximum Gasteiger partial charge on any atom is 0.340 e. The number of ether oxygens (including phenoxy) is 1. The first kappa shape index (κ1) is 21.7. The Balaban J connectivity index is 1.78. The third-order valence-electron chi connectivity index (χ3n) is 4.38. The molecule has 8 nitrogen and oxygen atoms in total. The molecule has 9 heteroatoms. The van der Waals surface area contributed by atoms with Crippen LogP contribution in [0.1, 0.15) is 57.4 Å². The van der Waals surface area contributed by atoms with Gasteiger partial charge in [0.2, 0.25) is 10.0 Å². The zero-order chi connectivity index (χ0) is 22.3. The van der Waals surface area contributed by atoms with Gasteiger partial charge in [-0.1, -0.05) is 18.2 Å². The summed E-state index contributed by atoms with van der Waals surface area (Å²) in [5, 5.41) is 0. The average Bonchev–Trinajstić information content (AvgIpc) is 2.89. The fourth-order valence-electron chi connectivity index (χ4n) is 3.01. The van der Waals surface area contributed by atoms with Gasteiger partial charge in [0, 0.05) is 5.54 Å². The van der Waals surface area contributed by atoms with Crippen molar-refractivity contribution in [1.82, 2.24) is 9.62 Å². The maximum absolute atomic E-state index is 12.6. The van der Waals surface area contributed by atoms with Crippen molar-refractivity contribution in [2.24, 2.45) is 0 Å². The highest BCUT2D eigenvalue weighted by molar-refractivity contribution is 7.89. The summed E-state index contributed by atoms with van der Waals surface area (Å²) in [6.45, 7) is 6.18. The minimum atomic E-state index is -3.85. The monoisotopic (exact) mass is 430 g/mol. The van der Waals surface area contributed by atoms with Crippen LogP contribution in [0.5, 0.6) is 0 Å². The van der Waals surface area contributed by atoms with Crippen molar-refractivity contribution in [1.29, 1.82) is 0 Å². The minimum Gasteiger partial charge on any atom is -0.440 e. The van der Waals surface area contributed by atoms with Gasteiger partial charge in [-0.15, -0.1) is 0 Å². The van der Waals surface area contributed by atoms with Crippen LogP contribution in [-0.2, 0) is 14.8 Å². The molecule has 0 saturated carbocycles. The first-order chi connectivity index (χ1) is 13.9. The molecule has 2 aromatic rings. The number of fused-ring (bicyclic) bond motifs is 1. The Morgan fingerprint density at radius 2 is 1.60 bits per heavy atom. The third kappa shape index (κ3) is 4.27. The van der Waals surface area contributed by atoms with E-state index in [-0.39, 0.29) is 21.6 Å². The summed E-state index contributed by atoms with van der Waals surface area (Å²) in [7, 11) is -3.85. The highest BCUT2D eigenvalue weighted by atomic mass is 32.2. The van der Waals surface area contributed by atoms with Gasteiger partial charge < -0.3 is 4.74 Å². The molecule has 0 fully saturated rings. The second-order valence-corrected chi connectivity index (χ2v) is 9.66. The average molecular weight is 430 g/mol. The number of nitrogens with one attached hydrogen (secondary N) is 1. The Bertz CT molecular complexity index is 1110. The van der Waals surface area contributed by atoms with Crippen LogP contribution in [0.3, 0.4) is 0 Å². The van der Waals surface area contributed by atoms with Gasteiger partial charge in [0.15, 0.2) is 6.73 Å². The minimum absolute atomic E-state index is 0.0309. The van der Waals surface area contributed by atoms with Crippen molar-refractivity contribution in [2.75, 3.05) is 6.73 Å². The molecule has 0 bridgehead atoms. The van der Waals surface area contributed by atoms with E-state index in [0.717, 1.165) is 4.90 Å². The molecule has 0 aliphatic carbocycles. The molecule has 1 aliphatic rings. The fraction of sp³-hybridized carbons (Fsp3) is 0.286. The molecular formula is C21H22N2O6S. The summed E-state index contributed by atoms with van der Waals surface area (Å²) in [6.07, 6.45) is 0. The van der Waals surface area contributed by atoms with E-state index in [0.29, 0.717) is 5.56 Å². The topological polar surface area (TPSA) is 110 Å². The van der Waals surface area contributed by atoms with Crippen LogP contribution in [0.15, 0.2) is 47.4 Å². The van der Waals surface area contributed by atoms with Gasteiger partial charge in [0.1, 0.15) is 0 Å². The Labute approximate surface area is 174 Å². The van der Waals surface area contributed by atoms with Crippen molar-refractivity contribution in [2.45, 2.75) is 38.1 Å². The van der Waals surface area contributed by atoms with Gasteiger partial charge in [0.25, 0.3) is 11.8 Å². The van der Waals surface area contributed by atoms with Crippen molar-refractivity contribution in [3.8, 4) is 0 Å². The van der Waals surface area contributed by atoms with Gasteiger partial charge in [0.05, 0.1) is 21.6 Å². The Morgan fingerprint density at radius 1 is 1.03 bits per heavy atom. The highest BCUT2D eigenvalue weighted by Crippen LogP contribution is 2.23. The molecule has 0 radical (unpaired) electrons. The van der Waals surface area contributed by atoms with Crippen LogP contribution in [0, 0.1) is 6.92 Å². The van der Waals surface area contributed by atoms with Crippen molar-refractivity contribution in [3.63, 3.8) is 0 Å². The zero-order valence-electron chi connectivity index (χ0n) is 17.1. The van der Waals surface area contributed by atoms with Gasteiger partial charge in [-0.3, -0.25) is 9.59 Å². The molecule has 0 aromatic heterocycles. The number of aryl methyl sites for hydroxylation is 1. The van der Waals surface area contributed by atoms with E-state index in [1.54, 1.807) is 39.8 Å². The SMILES string of the molecule is Cc1ccc(S(=O)(=O)NC(C)(C)C)cc1C(=O)OCN1C(=O)c2ccccc2C1=O. The summed E-state index contributed by atoms with van der Waals surface area (Å²) in [5.74, 6) is -1.94. The largest absolute Gasteiger partial charge is 0.440 e. The summed E-state index contributed by atoms with van der Waals surface area (Å²) in [6, 6.07) is 10.4. The van der Waals surface area contributed by atoms with Crippen LogP contribution in [0.2, 0.25) is 0 Å². The lowest BCUT2D eigenvalue weighted by Crippen LogP contribution is -2.40. The predicted octanol–water partition coefficient (Wildman–Crippen LogP) is 2.48. The number of esters is 1. The molecule has 1 aliphatic heterocycles. The zero-order valence-corrected chi connectivity index (χ0v) is 17.9. The lowest BCUT2D eigenvalue weighted by molar-refractivity contribution is 0.0227. The van der Waals surface area contributed by atoms with Crippen molar-refractivity contribution >= 4 is 27.8 Å². The predicted molar refractivity (Wildman–Crippen MR) is 108 cm³/mol. The van der Waals surface area contributed by atoms with Gasteiger partial charge in [-0.2, -0.15) is 0 Å². The second-order valence-electron chi connectivity index (χ2n) is 7.98. The summed E-state index contributed by atoms with van der Waals surface area (Å²) >= 11 is 0. The number of sulfonamides is 1. The molecule has 3 rings (SSSR count). The number of hydrogen-bond acceptors (Lipinski definition) is 6. The lowest BCUT2D eigenvalue weighted by Gasteiger charge is -2.21. The number of amides is 2. The van der Waals surface area contributed by atoms with Gasteiger partial charge in [-0.25, -0.2) is 22.8 Å². The molecule has 0 atom stereocenters. The summed E-state index contributed by atoms with van der Waals surface area (Å²) < 4.78 is 32.8. The van der Waals surface area contributed by atoms with Crippen LogP contribution in [-0.4, -0.2) is 43.4 Å². The van der Waals surface area contributed by atoms with E-state index in [9.17, 15) is 22.8 Å². The number of nitrogens with zero attached hydrogens (tertiary/aromatic N) is 1. The molecule has 0 unspecified atom stereocenters. The van der Waals surface area contributed by atoms with E-state index in [1.165, 1.54) is 30.3 Å². The quantitative estimate of drug-likeness (QED) is 0.576. The smallest absolute Gasteiger partial charge is 0.340 e. The van der Waals surface area contributed by atoms with Gasteiger partial charge in [-0.05, 0) is 57.5 Å². The summed E-state index contributed by atoms with van der Waals surface area (Å²) in [4.78, 5) is 38.1. The van der Waals surface area contributed by atoms with E-state index in [2.05, 4.69) is 4.72 Å². The lowest BCUT2D eigenvalue weighted by atomic mass is 10.1. The van der Waals surface area contributed by atoms with Gasteiger partial charge >= 0.3 is 5.97 Å². The standard InChI is InChI=1S/C21H22N2O6S/c1-13-9-10-14(30(27,28)22-21(2,3)4)11-17(13)20(26)29-12-23-18(24)15-7-5-6-8-16(15)19(23)25/h5-11,22H,12H2,1-4H3. The van der Waals surface area contributed by atoms with E-state index < -0.39 is 40.1 Å².